The number of hydrogen-bond acceptors (Lipinski definition) is 9. The Morgan fingerprint density at radius 3 is 1.23 bits per heavy atom. The third-order valence-electron chi connectivity index (χ3n) is 6.23. The summed E-state index contributed by atoms with van der Waals surface area (Å²) in [6.07, 6.45) is 9.12. The number of ether oxygens (including phenoxy) is 8. The minimum atomic E-state index is -1.45. The van der Waals surface area contributed by atoms with Crippen molar-refractivity contribution in [2.45, 2.75) is 71.5 Å². The normalized spacial score (nSPS) is 11.8. The molecule has 0 saturated carbocycles. The highest BCUT2D eigenvalue weighted by molar-refractivity contribution is 6.69. The Kier molecular flexibility index (Phi) is 27.5. The van der Waals surface area contributed by atoms with Crippen molar-refractivity contribution in [3.8, 4) is 5.75 Å². The molecule has 43 heavy (non-hydrogen) atoms. The number of unbranched alkanes of at least 4 members (excludes halogenated alkanes) is 5. The van der Waals surface area contributed by atoms with Crippen molar-refractivity contribution in [3.05, 3.63) is 29.8 Å². The maximum atomic E-state index is 5.77. The monoisotopic (exact) mass is 630 g/mol. The highest BCUT2D eigenvalue weighted by Gasteiger charge is 2.13. The van der Waals surface area contributed by atoms with Gasteiger partial charge in [-0.25, -0.2) is 0 Å². The Bertz CT molecular complexity index is 701. The fourth-order valence-corrected chi connectivity index (χ4v) is 4.60. The van der Waals surface area contributed by atoms with Gasteiger partial charge in [0.1, 0.15) is 12.4 Å². The van der Waals surface area contributed by atoms with E-state index in [0.29, 0.717) is 106 Å². The average Bonchev–Trinajstić information content (AvgIpc) is 2.99. The summed E-state index contributed by atoms with van der Waals surface area (Å²) in [5, 5.41) is 0. The first-order valence-electron chi connectivity index (χ1n) is 16.4. The first kappa shape index (κ1) is 39.9. The summed E-state index contributed by atoms with van der Waals surface area (Å²) in [7, 11) is -1.45. The predicted octanol–water partition coefficient (Wildman–Crippen LogP) is 5.94. The maximum Gasteiger partial charge on any atom is 0.183 e. The Balaban J connectivity index is 1.73. The number of benzene rings is 1. The quantitative estimate of drug-likeness (QED) is 0.0693. The van der Waals surface area contributed by atoms with Gasteiger partial charge in [-0.05, 0) is 50.2 Å². The summed E-state index contributed by atoms with van der Waals surface area (Å²) in [6.45, 7) is 17.6. The summed E-state index contributed by atoms with van der Waals surface area (Å²) >= 11 is 0. The van der Waals surface area contributed by atoms with Gasteiger partial charge in [-0.2, -0.15) is 0 Å². The van der Waals surface area contributed by atoms with Gasteiger partial charge < -0.3 is 42.3 Å². The molecule has 0 aliphatic heterocycles. The molecule has 0 bridgehead atoms. The van der Waals surface area contributed by atoms with Crippen LogP contribution in [0.3, 0.4) is 0 Å². The molecule has 0 heterocycles. The molecular weight excluding hydrogens is 568 g/mol. The lowest BCUT2D eigenvalue weighted by atomic mass is 10.0. The van der Waals surface area contributed by atoms with E-state index in [-0.39, 0.29) is 0 Å². The fraction of sp³-hybridized carbons (Fsp3) is 0.818. The molecule has 0 spiro atoms. The van der Waals surface area contributed by atoms with Crippen molar-refractivity contribution in [3.63, 3.8) is 0 Å². The Morgan fingerprint density at radius 1 is 0.442 bits per heavy atom. The SMILES string of the molecule is CCCCCCCCc1ccc(OCCOCCOCCOCCOCCOCCOCCOCCO[Si](C)(C)C)cc1. The van der Waals surface area contributed by atoms with Gasteiger partial charge in [0.25, 0.3) is 0 Å². The van der Waals surface area contributed by atoms with Crippen LogP contribution in [0.5, 0.6) is 5.75 Å². The molecule has 0 aliphatic carbocycles. The van der Waals surface area contributed by atoms with Gasteiger partial charge in [0, 0.05) is 0 Å². The topological polar surface area (TPSA) is 83.1 Å². The van der Waals surface area contributed by atoms with E-state index in [1.807, 2.05) is 0 Å². The standard InChI is InChI=1S/C33H62O9Si/c1-5-6-7-8-9-10-11-32-12-14-33(15-13-32)41-30-28-39-26-24-37-22-20-35-18-16-34-17-19-36-21-23-38-25-27-40-29-31-42-43(2,3)4/h12-15H,5-11,16-31H2,1-4H3. The first-order valence-corrected chi connectivity index (χ1v) is 19.8. The van der Waals surface area contributed by atoms with Crippen LogP contribution in [0.1, 0.15) is 51.0 Å². The molecule has 0 N–H and O–H groups in total. The summed E-state index contributed by atoms with van der Waals surface area (Å²) in [5.41, 5.74) is 1.38. The molecule has 0 radical (unpaired) electrons. The number of aryl methyl sites for hydroxylation is 1. The summed E-state index contributed by atoms with van der Waals surface area (Å²) in [6, 6.07) is 8.45. The molecule has 1 aromatic carbocycles. The van der Waals surface area contributed by atoms with Gasteiger partial charge in [0.05, 0.1) is 99.1 Å². The van der Waals surface area contributed by atoms with E-state index in [1.165, 1.54) is 44.1 Å². The predicted molar refractivity (Wildman–Crippen MR) is 174 cm³/mol. The minimum Gasteiger partial charge on any atom is -0.491 e. The second-order valence-corrected chi connectivity index (χ2v) is 15.8. The second-order valence-electron chi connectivity index (χ2n) is 11.3. The molecule has 9 nitrogen and oxygen atoms in total. The van der Waals surface area contributed by atoms with Crippen LogP contribution in [-0.4, -0.2) is 114 Å². The van der Waals surface area contributed by atoms with Gasteiger partial charge >= 0.3 is 0 Å². The first-order chi connectivity index (χ1) is 21.0. The average molecular weight is 631 g/mol. The van der Waals surface area contributed by atoms with Crippen LogP contribution in [0.2, 0.25) is 19.6 Å². The van der Waals surface area contributed by atoms with Crippen molar-refractivity contribution < 1.29 is 42.3 Å². The Morgan fingerprint density at radius 2 is 0.814 bits per heavy atom. The summed E-state index contributed by atoms with van der Waals surface area (Å²) < 4.78 is 50.1. The summed E-state index contributed by atoms with van der Waals surface area (Å²) in [4.78, 5) is 0. The van der Waals surface area contributed by atoms with Gasteiger partial charge in [-0.1, -0.05) is 51.2 Å². The van der Waals surface area contributed by atoms with Crippen LogP contribution in [0.15, 0.2) is 24.3 Å². The van der Waals surface area contributed by atoms with Crippen molar-refractivity contribution in [1.29, 1.82) is 0 Å². The third kappa shape index (κ3) is 29.4. The molecule has 0 aromatic heterocycles. The zero-order chi connectivity index (χ0) is 31.1. The zero-order valence-corrected chi connectivity index (χ0v) is 28.7. The smallest absolute Gasteiger partial charge is 0.183 e. The fourth-order valence-electron chi connectivity index (χ4n) is 3.91. The van der Waals surface area contributed by atoms with E-state index in [1.54, 1.807) is 0 Å². The molecule has 0 saturated heterocycles. The van der Waals surface area contributed by atoms with Gasteiger partial charge in [-0.15, -0.1) is 0 Å². The number of hydrogen-bond donors (Lipinski definition) is 0. The molecule has 0 atom stereocenters. The molecule has 10 heteroatoms. The van der Waals surface area contributed by atoms with Gasteiger partial charge in [0.15, 0.2) is 8.32 Å². The minimum absolute atomic E-state index is 0.531. The molecule has 0 aliphatic rings. The molecule has 252 valence electrons. The van der Waals surface area contributed by atoms with E-state index in [0.717, 1.165) is 12.2 Å². The summed E-state index contributed by atoms with van der Waals surface area (Å²) in [5.74, 6) is 0.891. The van der Waals surface area contributed by atoms with Crippen LogP contribution in [0, 0.1) is 0 Å². The lowest BCUT2D eigenvalue weighted by Crippen LogP contribution is -2.27. The third-order valence-corrected chi connectivity index (χ3v) is 7.30. The Labute approximate surface area is 263 Å². The highest BCUT2D eigenvalue weighted by atomic mass is 28.4. The van der Waals surface area contributed by atoms with E-state index in [9.17, 15) is 0 Å². The molecule has 0 unspecified atom stereocenters. The van der Waals surface area contributed by atoms with Crippen molar-refractivity contribution in [1.82, 2.24) is 0 Å². The van der Waals surface area contributed by atoms with Crippen molar-refractivity contribution in [2.24, 2.45) is 0 Å². The molecule has 0 amide bonds. The van der Waals surface area contributed by atoms with Crippen LogP contribution in [0.4, 0.5) is 0 Å². The Hall–Kier alpha value is -1.08. The van der Waals surface area contributed by atoms with E-state index < -0.39 is 8.32 Å². The van der Waals surface area contributed by atoms with Crippen LogP contribution in [0.25, 0.3) is 0 Å². The largest absolute Gasteiger partial charge is 0.491 e. The van der Waals surface area contributed by atoms with Gasteiger partial charge in [0.2, 0.25) is 0 Å². The lowest BCUT2D eigenvalue weighted by molar-refractivity contribution is -0.0219. The highest BCUT2D eigenvalue weighted by Crippen LogP contribution is 2.15. The molecule has 1 rings (SSSR count). The van der Waals surface area contributed by atoms with Crippen LogP contribution < -0.4 is 4.74 Å². The van der Waals surface area contributed by atoms with Crippen LogP contribution in [-0.2, 0) is 44.0 Å². The second kappa shape index (κ2) is 29.6. The van der Waals surface area contributed by atoms with E-state index >= 15 is 0 Å². The molecule has 0 fully saturated rings. The number of rotatable bonds is 33. The van der Waals surface area contributed by atoms with Gasteiger partial charge in [-0.3, -0.25) is 0 Å². The van der Waals surface area contributed by atoms with Crippen LogP contribution >= 0.6 is 0 Å². The van der Waals surface area contributed by atoms with E-state index in [2.05, 4.69) is 50.8 Å². The zero-order valence-electron chi connectivity index (χ0n) is 27.7. The van der Waals surface area contributed by atoms with Crippen molar-refractivity contribution in [2.75, 3.05) is 106 Å². The lowest BCUT2D eigenvalue weighted by Gasteiger charge is -2.16. The maximum absolute atomic E-state index is 5.77. The van der Waals surface area contributed by atoms with E-state index in [4.69, 9.17) is 42.3 Å². The van der Waals surface area contributed by atoms with Crippen molar-refractivity contribution >= 4 is 8.32 Å². The molecule has 1 aromatic rings. The molecular formula is C33H62O9Si.